The molecule has 0 aromatic heterocycles. The number of carbonyl (C=O) groups excluding carboxylic acids is 3. The van der Waals surface area contributed by atoms with E-state index < -0.39 is 12.1 Å². The topological polar surface area (TPSA) is 113 Å². The lowest BCUT2D eigenvalue weighted by molar-refractivity contribution is -0.129. The Morgan fingerprint density at radius 1 is 1.19 bits per heavy atom. The standard InChI is InChI=1S/C14H28N4O3/c1-5-11(19)10(7-6-8-17-14(15)21)18-13(20)12(16-4)9(2)3/h9-10,12,16H,5-8H2,1-4H3,(H,18,20)(H3,15,17,21)/t10-,12-/m0/s1. The van der Waals surface area contributed by atoms with E-state index in [1.54, 1.807) is 14.0 Å². The van der Waals surface area contributed by atoms with Gasteiger partial charge in [0.15, 0.2) is 5.78 Å². The summed E-state index contributed by atoms with van der Waals surface area (Å²) in [5.74, 6) is -0.0629. The Balaban J connectivity index is 4.51. The molecule has 0 aliphatic rings. The molecular formula is C14H28N4O3. The monoisotopic (exact) mass is 300 g/mol. The average molecular weight is 300 g/mol. The fourth-order valence-electron chi connectivity index (χ4n) is 2.11. The van der Waals surface area contributed by atoms with Crippen molar-refractivity contribution in [2.45, 2.75) is 52.1 Å². The van der Waals surface area contributed by atoms with Crippen LogP contribution in [0.15, 0.2) is 0 Å². The number of urea groups is 1. The normalized spacial score (nSPS) is 13.6. The third-order valence-electron chi connectivity index (χ3n) is 3.28. The van der Waals surface area contributed by atoms with Gasteiger partial charge in [0.1, 0.15) is 0 Å². The van der Waals surface area contributed by atoms with E-state index in [-0.39, 0.29) is 23.7 Å². The summed E-state index contributed by atoms with van der Waals surface area (Å²) in [7, 11) is 1.72. The van der Waals surface area contributed by atoms with Crippen molar-refractivity contribution in [2.75, 3.05) is 13.6 Å². The Morgan fingerprint density at radius 3 is 2.24 bits per heavy atom. The maximum Gasteiger partial charge on any atom is 0.312 e. The predicted octanol–water partition coefficient (Wildman–Crippen LogP) is 0.143. The predicted molar refractivity (Wildman–Crippen MR) is 81.7 cm³/mol. The van der Waals surface area contributed by atoms with E-state index in [1.165, 1.54) is 0 Å². The molecule has 0 aliphatic heterocycles. The fraction of sp³-hybridized carbons (Fsp3) is 0.786. The van der Waals surface area contributed by atoms with Gasteiger partial charge in [0, 0.05) is 13.0 Å². The molecule has 0 aromatic carbocycles. The molecule has 122 valence electrons. The van der Waals surface area contributed by atoms with Crippen LogP contribution in [-0.4, -0.2) is 43.4 Å². The van der Waals surface area contributed by atoms with Crippen molar-refractivity contribution in [2.24, 2.45) is 11.7 Å². The average Bonchev–Trinajstić information content (AvgIpc) is 2.41. The van der Waals surface area contributed by atoms with Gasteiger partial charge in [-0.3, -0.25) is 9.59 Å². The highest BCUT2D eigenvalue weighted by molar-refractivity contribution is 5.90. The minimum absolute atomic E-state index is 0.0129. The van der Waals surface area contributed by atoms with E-state index in [9.17, 15) is 14.4 Å². The molecule has 3 amide bonds. The summed E-state index contributed by atoms with van der Waals surface area (Å²) in [6.45, 7) is 6.03. The van der Waals surface area contributed by atoms with E-state index in [1.807, 2.05) is 13.8 Å². The lowest BCUT2D eigenvalue weighted by atomic mass is 10.0. The molecule has 0 saturated carbocycles. The highest BCUT2D eigenvalue weighted by Gasteiger charge is 2.25. The quantitative estimate of drug-likeness (QED) is 0.430. The van der Waals surface area contributed by atoms with E-state index >= 15 is 0 Å². The van der Waals surface area contributed by atoms with Crippen molar-refractivity contribution in [1.82, 2.24) is 16.0 Å². The summed E-state index contributed by atoms with van der Waals surface area (Å²) in [6, 6.07) is -1.44. The summed E-state index contributed by atoms with van der Waals surface area (Å²) in [5.41, 5.74) is 4.97. The van der Waals surface area contributed by atoms with Gasteiger partial charge in [0.05, 0.1) is 12.1 Å². The highest BCUT2D eigenvalue weighted by atomic mass is 16.2. The molecule has 0 aliphatic carbocycles. The number of hydrogen-bond donors (Lipinski definition) is 4. The minimum Gasteiger partial charge on any atom is -0.352 e. The van der Waals surface area contributed by atoms with Crippen LogP contribution in [-0.2, 0) is 9.59 Å². The van der Waals surface area contributed by atoms with Crippen molar-refractivity contribution in [1.29, 1.82) is 0 Å². The van der Waals surface area contributed by atoms with E-state index in [2.05, 4.69) is 16.0 Å². The van der Waals surface area contributed by atoms with Gasteiger partial charge < -0.3 is 21.7 Å². The molecule has 0 unspecified atom stereocenters. The Morgan fingerprint density at radius 2 is 1.81 bits per heavy atom. The van der Waals surface area contributed by atoms with Crippen LogP contribution in [0.25, 0.3) is 0 Å². The van der Waals surface area contributed by atoms with Gasteiger partial charge in [-0.25, -0.2) is 4.79 Å². The third kappa shape index (κ3) is 7.65. The fourth-order valence-corrected chi connectivity index (χ4v) is 2.11. The molecule has 0 saturated heterocycles. The number of nitrogens with one attached hydrogen (secondary N) is 3. The zero-order valence-corrected chi connectivity index (χ0v) is 13.4. The van der Waals surface area contributed by atoms with Crippen LogP contribution in [0.3, 0.4) is 0 Å². The molecule has 0 fully saturated rings. The first kappa shape index (κ1) is 19.4. The number of carbonyl (C=O) groups is 3. The summed E-state index contributed by atoms with van der Waals surface area (Å²) in [6.07, 6.45) is 1.42. The summed E-state index contributed by atoms with van der Waals surface area (Å²) < 4.78 is 0. The van der Waals surface area contributed by atoms with Crippen molar-refractivity contribution in [3.63, 3.8) is 0 Å². The first-order valence-electron chi connectivity index (χ1n) is 7.37. The summed E-state index contributed by atoms with van der Waals surface area (Å²) in [4.78, 5) is 34.7. The number of likely N-dealkylation sites (N-methyl/N-ethyl adjacent to an activating group) is 1. The van der Waals surface area contributed by atoms with Crippen molar-refractivity contribution < 1.29 is 14.4 Å². The molecule has 0 rings (SSSR count). The molecule has 0 bridgehead atoms. The van der Waals surface area contributed by atoms with Crippen LogP contribution in [0.4, 0.5) is 4.79 Å². The smallest absolute Gasteiger partial charge is 0.312 e. The van der Waals surface area contributed by atoms with Crippen molar-refractivity contribution in [3.8, 4) is 0 Å². The highest BCUT2D eigenvalue weighted by Crippen LogP contribution is 2.05. The maximum absolute atomic E-state index is 12.2. The van der Waals surface area contributed by atoms with Crippen LogP contribution in [0.1, 0.15) is 40.0 Å². The zero-order chi connectivity index (χ0) is 16.4. The number of primary amides is 1. The van der Waals surface area contributed by atoms with Gasteiger partial charge in [-0.1, -0.05) is 20.8 Å². The Bertz CT molecular complexity index is 358. The van der Waals surface area contributed by atoms with Gasteiger partial charge in [0.25, 0.3) is 0 Å². The van der Waals surface area contributed by atoms with Gasteiger partial charge in [-0.2, -0.15) is 0 Å². The van der Waals surface area contributed by atoms with Gasteiger partial charge >= 0.3 is 6.03 Å². The lowest BCUT2D eigenvalue weighted by Gasteiger charge is -2.23. The summed E-state index contributed by atoms with van der Waals surface area (Å²) >= 11 is 0. The first-order chi connectivity index (χ1) is 9.83. The largest absolute Gasteiger partial charge is 0.352 e. The molecule has 7 nitrogen and oxygen atoms in total. The molecule has 0 heterocycles. The van der Waals surface area contributed by atoms with Crippen LogP contribution < -0.4 is 21.7 Å². The molecule has 21 heavy (non-hydrogen) atoms. The lowest BCUT2D eigenvalue weighted by Crippen LogP contribution is -2.51. The third-order valence-corrected chi connectivity index (χ3v) is 3.28. The Labute approximate surface area is 126 Å². The minimum atomic E-state index is -0.590. The number of ketones is 1. The molecule has 2 atom stereocenters. The van der Waals surface area contributed by atoms with Crippen LogP contribution >= 0.6 is 0 Å². The molecule has 5 N–H and O–H groups in total. The molecule has 0 radical (unpaired) electrons. The second-order valence-corrected chi connectivity index (χ2v) is 5.32. The van der Waals surface area contributed by atoms with Crippen LogP contribution in [0, 0.1) is 5.92 Å². The number of hydrogen-bond acceptors (Lipinski definition) is 4. The number of Topliss-reactive ketones (excluding diaryl/α,β-unsaturated/α-hetero) is 1. The number of rotatable bonds is 10. The zero-order valence-electron chi connectivity index (χ0n) is 13.4. The molecule has 0 aromatic rings. The van der Waals surface area contributed by atoms with E-state index in [0.29, 0.717) is 25.8 Å². The summed E-state index contributed by atoms with van der Waals surface area (Å²) in [5, 5.41) is 8.21. The van der Waals surface area contributed by atoms with Gasteiger partial charge in [0.2, 0.25) is 5.91 Å². The van der Waals surface area contributed by atoms with Gasteiger partial charge in [-0.05, 0) is 25.8 Å². The first-order valence-corrected chi connectivity index (χ1v) is 7.37. The van der Waals surface area contributed by atoms with Crippen molar-refractivity contribution in [3.05, 3.63) is 0 Å². The van der Waals surface area contributed by atoms with Crippen LogP contribution in [0.5, 0.6) is 0 Å². The second-order valence-electron chi connectivity index (χ2n) is 5.32. The Kier molecular flexibility index (Phi) is 9.36. The number of nitrogens with two attached hydrogens (primary N) is 1. The molecular weight excluding hydrogens is 272 g/mol. The number of amides is 3. The molecule has 0 spiro atoms. The molecule has 7 heteroatoms. The van der Waals surface area contributed by atoms with E-state index in [0.717, 1.165) is 0 Å². The van der Waals surface area contributed by atoms with E-state index in [4.69, 9.17) is 5.73 Å². The van der Waals surface area contributed by atoms with Gasteiger partial charge in [-0.15, -0.1) is 0 Å². The second kappa shape index (κ2) is 10.1. The van der Waals surface area contributed by atoms with Crippen LogP contribution in [0.2, 0.25) is 0 Å². The maximum atomic E-state index is 12.2. The SMILES string of the molecule is CCC(=O)[C@H](CCCNC(N)=O)NC(=O)[C@@H](NC)C(C)C. The van der Waals surface area contributed by atoms with Crippen molar-refractivity contribution >= 4 is 17.7 Å². The Hall–Kier alpha value is -1.63.